The Morgan fingerprint density at radius 1 is 0.880 bits per heavy atom. The number of para-hydroxylation sites is 1. The van der Waals surface area contributed by atoms with Gasteiger partial charge in [-0.15, -0.1) is 10.2 Å². The van der Waals surface area contributed by atoms with Gasteiger partial charge in [0.15, 0.2) is 11.5 Å². The maximum atomic E-state index is 12.2. The Bertz CT molecular complexity index is 875. The van der Waals surface area contributed by atoms with E-state index in [2.05, 4.69) is 20.8 Å². The minimum Gasteiger partial charge on any atom is -0.347 e. The van der Waals surface area contributed by atoms with Crippen LogP contribution in [0.25, 0.3) is 0 Å². The molecule has 1 aromatic heterocycles. The van der Waals surface area contributed by atoms with Crippen LogP contribution < -0.4 is 10.6 Å². The molecule has 2 aromatic carbocycles. The van der Waals surface area contributed by atoms with Crippen LogP contribution in [0.15, 0.2) is 60.7 Å². The minimum absolute atomic E-state index is 0.238. The zero-order valence-corrected chi connectivity index (χ0v) is 14.3. The van der Waals surface area contributed by atoms with Crippen molar-refractivity contribution in [2.45, 2.75) is 20.4 Å². The molecule has 0 atom stereocenters. The number of rotatable bonds is 5. The maximum absolute atomic E-state index is 12.2. The van der Waals surface area contributed by atoms with Crippen LogP contribution in [0.4, 0.5) is 11.5 Å². The minimum atomic E-state index is -0.238. The topological polar surface area (TPSA) is 66.9 Å². The summed E-state index contributed by atoms with van der Waals surface area (Å²) in [6.07, 6.45) is 0. The van der Waals surface area contributed by atoms with Crippen molar-refractivity contribution in [1.29, 1.82) is 0 Å². The number of amides is 1. The summed E-state index contributed by atoms with van der Waals surface area (Å²) in [6.45, 7) is 4.51. The normalized spacial score (nSPS) is 10.3. The van der Waals surface area contributed by atoms with E-state index in [4.69, 9.17) is 0 Å². The van der Waals surface area contributed by atoms with Gasteiger partial charge in [-0.05, 0) is 48.7 Å². The molecule has 0 saturated heterocycles. The van der Waals surface area contributed by atoms with Crippen molar-refractivity contribution in [3.8, 4) is 0 Å². The molecule has 0 aliphatic heterocycles. The van der Waals surface area contributed by atoms with Gasteiger partial charge in [0, 0.05) is 12.2 Å². The highest BCUT2D eigenvalue weighted by Crippen LogP contribution is 2.18. The van der Waals surface area contributed by atoms with Crippen LogP contribution in [0.2, 0.25) is 0 Å². The molecule has 0 aliphatic carbocycles. The summed E-state index contributed by atoms with van der Waals surface area (Å²) in [5.74, 6) is 0.364. The monoisotopic (exact) mass is 332 g/mol. The standard InChI is InChI=1S/C20H20N4O/c1-14-7-3-5-9-16(14)13-21-20(25)18-11-12-19(24-23-18)22-17-10-6-4-8-15(17)2/h3-12H,13H2,1-2H3,(H,21,25)(H,22,24). The van der Waals surface area contributed by atoms with E-state index in [9.17, 15) is 4.79 Å². The van der Waals surface area contributed by atoms with Crippen LogP contribution in [0.5, 0.6) is 0 Å². The summed E-state index contributed by atoms with van der Waals surface area (Å²) < 4.78 is 0. The molecule has 5 nitrogen and oxygen atoms in total. The average Bonchev–Trinajstić information content (AvgIpc) is 2.63. The van der Waals surface area contributed by atoms with Gasteiger partial charge in [0.25, 0.3) is 5.91 Å². The lowest BCUT2D eigenvalue weighted by Gasteiger charge is -2.09. The third-order valence-corrected chi connectivity index (χ3v) is 4.01. The van der Waals surface area contributed by atoms with Crippen LogP contribution in [0, 0.1) is 13.8 Å². The molecular formula is C20H20N4O. The number of aryl methyl sites for hydroxylation is 2. The fourth-order valence-corrected chi connectivity index (χ4v) is 2.45. The molecule has 1 heterocycles. The largest absolute Gasteiger partial charge is 0.347 e. The maximum Gasteiger partial charge on any atom is 0.272 e. The lowest BCUT2D eigenvalue weighted by molar-refractivity contribution is 0.0945. The number of hydrogen-bond donors (Lipinski definition) is 2. The van der Waals surface area contributed by atoms with Crippen molar-refractivity contribution in [2.24, 2.45) is 0 Å². The summed E-state index contributed by atoms with van der Waals surface area (Å²) in [5, 5.41) is 14.2. The fraction of sp³-hybridized carbons (Fsp3) is 0.150. The van der Waals surface area contributed by atoms with Crippen molar-refractivity contribution in [3.63, 3.8) is 0 Å². The molecule has 0 unspecified atom stereocenters. The van der Waals surface area contributed by atoms with Gasteiger partial charge < -0.3 is 10.6 Å². The predicted molar refractivity (Wildman–Crippen MR) is 98.8 cm³/mol. The smallest absolute Gasteiger partial charge is 0.272 e. The highest BCUT2D eigenvalue weighted by Gasteiger charge is 2.09. The molecule has 25 heavy (non-hydrogen) atoms. The van der Waals surface area contributed by atoms with Crippen molar-refractivity contribution >= 4 is 17.4 Å². The molecule has 0 bridgehead atoms. The Labute approximate surface area is 147 Å². The molecule has 0 aliphatic rings. The first-order valence-electron chi connectivity index (χ1n) is 8.12. The predicted octanol–water partition coefficient (Wildman–Crippen LogP) is 3.77. The second-order valence-electron chi connectivity index (χ2n) is 5.85. The van der Waals surface area contributed by atoms with Crippen molar-refractivity contribution in [2.75, 3.05) is 5.32 Å². The van der Waals surface area contributed by atoms with E-state index in [0.717, 1.165) is 22.4 Å². The van der Waals surface area contributed by atoms with E-state index in [-0.39, 0.29) is 5.91 Å². The number of carbonyl (C=O) groups is 1. The Balaban J connectivity index is 1.63. The second kappa shape index (κ2) is 7.57. The number of carbonyl (C=O) groups excluding carboxylic acids is 1. The van der Waals surface area contributed by atoms with Gasteiger partial charge >= 0.3 is 0 Å². The Kier molecular flexibility index (Phi) is 5.04. The Morgan fingerprint density at radius 2 is 1.60 bits per heavy atom. The van der Waals surface area contributed by atoms with E-state index in [1.165, 1.54) is 0 Å². The zero-order valence-electron chi connectivity index (χ0n) is 14.3. The lowest BCUT2D eigenvalue weighted by atomic mass is 10.1. The number of nitrogens with zero attached hydrogens (tertiary/aromatic N) is 2. The van der Waals surface area contributed by atoms with Crippen LogP contribution >= 0.6 is 0 Å². The van der Waals surface area contributed by atoms with E-state index < -0.39 is 0 Å². The van der Waals surface area contributed by atoms with Gasteiger partial charge in [-0.25, -0.2) is 0 Å². The van der Waals surface area contributed by atoms with E-state index >= 15 is 0 Å². The first-order chi connectivity index (χ1) is 12.1. The molecule has 3 aromatic rings. The molecule has 0 saturated carbocycles. The van der Waals surface area contributed by atoms with Crippen molar-refractivity contribution in [3.05, 3.63) is 83.0 Å². The molecule has 0 fully saturated rings. The van der Waals surface area contributed by atoms with Crippen molar-refractivity contribution < 1.29 is 4.79 Å². The molecule has 0 radical (unpaired) electrons. The van der Waals surface area contributed by atoms with Gasteiger partial charge in [-0.3, -0.25) is 4.79 Å². The van der Waals surface area contributed by atoms with Crippen molar-refractivity contribution in [1.82, 2.24) is 15.5 Å². The Morgan fingerprint density at radius 3 is 2.28 bits per heavy atom. The third-order valence-electron chi connectivity index (χ3n) is 4.01. The molecule has 5 heteroatoms. The molecule has 2 N–H and O–H groups in total. The summed E-state index contributed by atoms with van der Waals surface area (Å²) in [6, 6.07) is 19.3. The first kappa shape index (κ1) is 16.6. The van der Waals surface area contributed by atoms with Crippen LogP contribution in [-0.2, 0) is 6.54 Å². The second-order valence-corrected chi connectivity index (χ2v) is 5.85. The summed E-state index contributed by atoms with van der Waals surface area (Å²) >= 11 is 0. The zero-order chi connectivity index (χ0) is 17.6. The lowest BCUT2D eigenvalue weighted by Crippen LogP contribution is -2.24. The van der Waals surface area contributed by atoms with E-state index in [1.54, 1.807) is 12.1 Å². The SMILES string of the molecule is Cc1ccccc1CNC(=O)c1ccc(Nc2ccccc2C)nn1. The van der Waals surface area contributed by atoms with Gasteiger partial charge in [-0.2, -0.15) is 0 Å². The summed E-state index contributed by atoms with van der Waals surface area (Å²) in [4.78, 5) is 12.2. The summed E-state index contributed by atoms with van der Waals surface area (Å²) in [7, 11) is 0. The molecule has 3 rings (SSSR count). The fourth-order valence-electron chi connectivity index (χ4n) is 2.45. The number of nitrogens with one attached hydrogen (secondary N) is 2. The number of benzene rings is 2. The highest BCUT2D eigenvalue weighted by atomic mass is 16.1. The number of aromatic nitrogens is 2. The van der Waals surface area contributed by atoms with Gasteiger partial charge in [0.05, 0.1) is 0 Å². The van der Waals surface area contributed by atoms with Crippen LogP contribution in [0.3, 0.4) is 0 Å². The summed E-state index contributed by atoms with van der Waals surface area (Å²) in [5.41, 5.74) is 4.61. The third kappa shape index (κ3) is 4.20. The van der Waals surface area contributed by atoms with Gasteiger partial charge in [0.2, 0.25) is 0 Å². The van der Waals surface area contributed by atoms with Gasteiger partial charge in [0.1, 0.15) is 0 Å². The molecule has 1 amide bonds. The van der Waals surface area contributed by atoms with Gasteiger partial charge in [-0.1, -0.05) is 42.5 Å². The number of anilines is 2. The first-order valence-corrected chi connectivity index (χ1v) is 8.12. The Hall–Kier alpha value is -3.21. The average molecular weight is 332 g/mol. The van der Waals surface area contributed by atoms with Crippen LogP contribution in [-0.4, -0.2) is 16.1 Å². The van der Waals surface area contributed by atoms with E-state index in [1.807, 2.05) is 62.4 Å². The molecular weight excluding hydrogens is 312 g/mol. The number of hydrogen-bond acceptors (Lipinski definition) is 4. The van der Waals surface area contributed by atoms with Crippen LogP contribution in [0.1, 0.15) is 27.2 Å². The highest BCUT2D eigenvalue weighted by molar-refractivity contribution is 5.92. The quantitative estimate of drug-likeness (QED) is 0.746. The van der Waals surface area contributed by atoms with E-state index in [0.29, 0.717) is 18.1 Å². The molecule has 0 spiro atoms. The molecule has 126 valence electrons.